The lowest BCUT2D eigenvalue weighted by Crippen LogP contribution is -2.54. The Bertz CT molecular complexity index is 1180. The molecule has 0 aliphatic carbocycles. The fourth-order valence-electron chi connectivity index (χ4n) is 3.18. The maximum atomic E-state index is 12.9. The fourth-order valence-corrected chi connectivity index (χ4v) is 4.05. The first-order valence-corrected chi connectivity index (χ1v) is 12.0. The largest absolute Gasteiger partial charge is 0.340 e. The zero-order chi connectivity index (χ0) is 23.8. The molecule has 0 radical (unpaired) electrons. The first kappa shape index (κ1) is 24.1. The van der Waals surface area contributed by atoms with Crippen molar-refractivity contribution in [3.05, 3.63) is 84.4 Å². The number of sulfonamides is 1. The average molecular weight is 470 g/mol. The van der Waals surface area contributed by atoms with Crippen molar-refractivity contribution in [2.75, 3.05) is 0 Å². The summed E-state index contributed by atoms with van der Waals surface area (Å²) in [6.45, 7) is 4.25. The fraction of sp³-hybridized carbons (Fsp3) is 0.261. The third-order valence-electron chi connectivity index (χ3n) is 5.26. The summed E-state index contributed by atoms with van der Waals surface area (Å²) in [6, 6.07) is 13.8. The summed E-state index contributed by atoms with van der Waals surface area (Å²) in [5.41, 5.74) is 3.54. The Morgan fingerprint density at radius 3 is 2.52 bits per heavy atom. The SMILES string of the molecule is CC[C@H](C)[C@H](NC(=O)c1cccc(Cn2ccnc2)c1)C(=O)NNS(=O)(=O)c1ccccc1. The summed E-state index contributed by atoms with van der Waals surface area (Å²) < 4.78 is 26.7. The Hall–Kier alpha value is -3.50. The van der Waals surface area contributed by atoms with Crippen LogP contribution >= 0.6 is 0 Å². The van der Waals surface area contributed by atoms with E-state index >= 15 is 0 Å². The normalized spacial score (nSPS) is 13.2. The number of aromatic nitrogens is 2. The van der Waals surface area contributed by atoms with Crippen LogP contribution in [0.25, 0.3) is 0 Å². The highest BCUT2D eigenvalue weighted by Gasteiger charge is 2.27. The Morgan fingerprint density at radius 2 is 1.85 bits per heavy atom. The molecule has 0 unspecified atom stereocenters. The molecule has 9 nitrogen and oxygen atoms in total. The van der Waals surface area contributed by atoms with Crippen LogP contribution in [-0.4, -0.2) is 35.8 Å². The first-order chi connectivity index (χ1) is 15.8. The summed E-state index contributed by atoms with van der Waals surface area (Å²) >= 11 is 0. The van der Waals surface area contributed by atoms with Gasteiger partial charge in [0.2, 0.25) is 0 Å². The van der Waals surface area contributed by atoms with E-state index in [4.69, 9.17) is 0 Å². The van der Waals surface area contributed by atoms with Crippen molar-refractivity contribution in [1.82, 2.24) is 25.1 Å². The summed E-state index contributed by atoms with van der Waals surface area (Å²) in [6.07, 6.45) is 5.79. The summed E-state index contributed by atoms with van der Waals surface area (Å²) in [4.78, 5) is 31.8. The minimum Gasteiger partial charge on any atom is -0.340 e. The molecule has 33 heavy (non-hydrogen) atoms. The lowest BCUT2D eigenvalue weighted by molar-refractivity contribution is -0.124. The van der Waals surface area contributed by atoms with Gasteiger partial charge in [-0.2, -0.15) is 0 Å². The molecule has 0 aliphatic rings. The van der Waals surface area contributed by atoms with Crippen LogP contribution in [0.15, 0.2) is 78.2 Å². The van der Waals surface area contributed by atoms with E-state index in [1.54, 1.807) is 48.9 Å². The van der Waals surface area contributed by atoms with E-state index in [0.29, 0.717) is 18.5 Å². The number of imidazole rings is 1. The monoisotopic (exact) mass is 469 g/mol. The zero-order valence-electron chi connectivity index (χ0n) is 18.4. The Kier molecular flexibility index (Phi) is 7.96. The molecule has 0 bridgehead atoms. The van der Waals surface area contributed by atoms with Crippen molar-refractivity contribution in [3.8, 4) is 0 Å². The maximum Gasteiger partial charge on any atom is 0.257 e. The molecule has 2 atom stereocenters. The number of hydrazine groups is 1. The number of nitrogens with one attached hydrogen (secondary N) is 3. The average Bonchev–Trinajstić information content (AvgIpc) is 3.34. The third kappa shape index (κ3) is 6.50. The van der Waals surface area contributed by atoms with Gasteiger partial charge in [-0.3, -0.25) is 15.0 Å². The third-order valence-corrected chi connectivity index (χ3v) is 6.52. The number of hydrogen-bond acceptors (Lipinski definition) is 5. The van der Waals surface area contributed by atoms with Crippen LogP contribution in [0.3, 0.4) is 0 Å². The molecule has 1 heterocycles. The number of rotatable bonds is 10. The molecule has 0 fully saturated rings. The van der Waals surface area contributed by atoms with Gasteiger partial charge in [-0.1, -0.05) is 50.6 Å². The van der Waals surface area contributed by atoms with Crippen LogP contribution in [-0.2, 0) is 21.4 Å². The molecule has 3 N–H and O–H groups in total. The number of benzene rings is 2. The molecule has 0 saturated heterocycles. The molecular weight excluding hydrogens is 442 g/mol. The lowest BCUT2D eigenvalue weighted by atomic mass is 9.98. The zero-order valence-corrected chi connectivity index (χ0v) is 19.2. The van der Waals surface area contributed by atoms with Crippen molar-refractivity contribution < 1.29 is 18.0 Å². The summed E-state index contributed by atoms with van der Waals surface area (Å²) in [5, 5.41) is 2.74. The minimum atomic E-state index is -3.93. The molecule has 0 spiro atoms. The smallest absolute Gasteiger partial charge is 0.257 e. The van der Waals surface area contributed by atoms with Gasteiger partial charge in [0, 0.05) is 24.5 Å². The molecule has 0 aliphatic heterocycles. The molecule has 2 amide bonds. The van der Waals surface area contributed by atoms with Crippen LogP contribution < -0.4 is 15.6 Å². The molecule has 2 aromatic carbocycles. The number of amides is 2. The van der Waals surface area contributed by atoms with Gasteiger partial charge in [-0.05, 0) is 35.7 Å². The van der Waals surface area contributed by atoms with E-state index < -0.39 is 27.9 Å². The highest BCUT2D eigenvalue weighted by Crippen LogP contribution is 2.12. The number of nitrogens with zero attached hydrogens (tertiary/aromatic N) is 2. The highest BCUT2D eigenvalue weighted by molar-refractivity contribution is 7.89. The van der Waals surface area contributed by atoms with Crippen LogP contribution in [0, 0.1) is 5.92 Å². The van der Waals surface area contributed by atoms with Gasteiger partial charge in [-0.15, -0.1) is 4.83 Å². The quantitative estimate of drug-likeness (QED) is 0.393. The second-order valence-corrected chi connectivity index (χ2v) is 9.36. The Labute approximate surface area is 193 Å². The van der Waals surface area contributed by atoms with Crippen molar-refractivity contribution in [3.63, 3.8) is 0 Å². The standard InChI is InChI=1S/C23H27N5O4S/c1-3-17(2)21(23(30)26-27-33(31,32)20-10-5-4-6-11-20)25-22(29)19-9-7-8-18(14-19)15-28-13-12-24-16-28/h4-14,16-17,21,27H,3,15H2,1-2H3,(H,25,29)(H,26,30)/t17-,21-/m0/s1. The van der Waals surface area contributed by atoms with E-state index in [1.807, 2.05) is 30.7 Å². The van der Waals surface area contributed by atoms with Gasteiger partial charge >= 0.3 is 0 Å². The number of hydrogen-bond donors (Lipinski definition) is 3. The van der Waals surface area contributed by atoms with Crippen LogP contribution in [0.4, 0.5) is 0 Å². The second kappa shape index (κ2) is 10.9. The van der Waals surface area contributed by atoms with Gasteiger partial charge in [0.15, 0.2) is 0 Å². The van der Waals surface area contributed by atoms with Gasteiger partial charge in [0.25, 0.3) is 21.8 Å². The van der Waals surface area contributed by atoms with Gasteiger partial charge < -0.3 is 9.88 Å². The van der Waals surface area contributed by atoms with E-state index in [0.717, 1.165) is 5.56 Å². The van der Waals surface area contributed by atoms with Gasteiger partial charge in [0.1, 0.15) is 6.04 Å². The van der Waals surface area contributed by atoms with Crippen molar-refractivity contribution in [2.24, 2.45) is 5.92 Å². The Morgan fingerprint density at radius 1 is 1.09 bits per heavy atom. The minimum absolute atomic E-state index is 0.0177. The topological polar surface area (TPSA) is 122 Å². The van der Waals surface area contributed by atoms with Crippen LogP contribution in [0.5, 0.6) is 0 Å². The lowest BCUT2D eigenvalue weighted by Gasteiger charge is -2.23. The van der Waals surface area contributed by atoms with E-state index in [-0.39, 0.29) is 10.8 Å². The highest BCUT2D eigenvalue weighted by atomic mass is 32.2. The first-order valence-electron chi connectivity index (χ1n) is 10.5. The molecule has 0 saturated carbocycles. The molecule has 10 heteroatoms. The molecule has 174 valence electrons. The predicted octanol–water partition coefficient (Wildman–Crippen LogP) is 2.09. The predicted molar refractivity (Wildman–Crippen MR) is 123 cm³/mol. The molecule has 3 aromatic rings. The molecule has 1 aromatic heterocycles. The number of carbonyl (C=O) groups excluding carboxylic acids is 2. The van der Waals surface area contributed by atoms with Crippen LogP contribution in [0.1, 0.15) is 36.2 Å². The summed E-state index contributed by atoms with van der Waals surface area (Å²) in [5.74, 6) is -1.30. The van der Waals surface area contributed by atoms with Gasteiger partial charge in [-0.25, -0.2) is 13.4 Å². The van der Waals surface area contributed by atoms with E-state index in [9.17, 15) is 18.0 Å². The van der Waals surface area contributed by atoms with Crippen molar-refractivity contribution in [2.45, 2.75) is 37.8 Å². The summed E-state index contributed by atoms with van der Waals surface area (Å²) in [7, 11) is -3.93. The van der Waals surface area contributed by atoms with Crippen molar-refractivity contribution in [1.29, 1.82) is 0 Å². The van der Waals surface area contributed by atoms with Crippen molar-refractivity contribution >= 4 is 21.8 Å². The number of carbonyl (C=O) groups is 2. The van der Waals surface area contributed by atoms with Crippen LogP contribution in [0.2, 0.25) is 0 Å². The molecular formula is C23H27N5O4S. The molecule has 3 rings (SSSR count). The maximum absolute atomic E-state index is 12.9. The van der Waals surface area contributed by atoms with E-state index in [1.165, 1.54) is 12.1 Å². The second-order valence-electron chi connectivity index (χ2n) is 7.68. The Balaban J connectivity index is 1.69. The van der Waals surface area contributed by atoms with Gasteiger partial charge in [0.05, 0.1) is 11.2 Å². The van der Waals surface area contributed by atoms with E-state index in [2.05, 4.69) is 20.6 Å².